The first-order chi connectivity index (χ1) is 7.38. The average molecular weight is 218 g/mol. The Morgan fingerprint density at radius 1 is 1.19 bits per heavy atom. The van der Waals surface area contributed by atoms with E-state index in [1.807, 2.05) is 25.1 Å². The van der Waals surface area contributed by atoms with Crippen molar-refractivity contribution < 1.29 is 0 Å². The second-order valence-corrected chi connectivity index (χ2v) is 5.18. The zero-order valence-corrected chi connectivity index (χ0v) is 10.9. The van der Waals surface area contributed by atoms with Crippen molar-refractivity contribution in [3.8, 4) is 0 Å². The Balaban J connectivity index is 2.70. The molecule has 0 radical (unpaired) electrons. The Kier molecular flexibility index (Phi) is 4.11. The standard InChI is InChI=1S/C14H22N2/c1-11(13-9-7-6-8-10-13)15-12(2)16-14(3,4)5/h6-11H,1-5H3,(H,15,16)/t11-/m1/s1. The highest BCUT2D eigenvalue weighted by atomic mass is 15.0. The van der Waals surface area contributed by atoms with Crippen LogP contribution in [0.5, 0.6) is 0 Å². The third-order valence-electron chi connectivity index (χ3n) is 2.23. The molecule has 0 spiro atoms. The highest BCUT2D eigenvalue weighted by molar-refractivity contribution is 5.80. The van der Waals surface area contributed by atoms with Gasteiger partial charge >= 0.3 is 0 Å². The van der Waals surface area contributed by atoms with Crippen LogP contribution in [0.2, 0.25) is 0 Å². The van der Waals surface area contributed by atoms with Gasteiger partial charge < -0.3 is 5.32 Å². The van der Waals surface area contributed by atoms with Gasteiger partial charge in [-0.2, -0.15) is 0 Å². The van der Waals surface area contributed by atoms with Gasteiger partial charge in [0.1, 0.15) is 0 Å². The minimum absolute atomic E-state index is 0.0734. The van der Waals surface area contributed by atoms with Gasteiger partial charge in [0.2, 0.25) is 0 Å². The number of aliphatic imine (C=N–C) groups is 1. The zero-order valence-electron chi connectivity index (χ0n) is 10.9. The highest BCUT2D eigenvalue weighted by Crippen LogP contribution is 2.16. The lowest BCUT2D eigenvalue weighted by molar-refractivity contribution is 0.508. The van der Waals surface area contributed by atoms with E-state index in [1.165, 1.54) is 5.56 Å². The average Bonchev–Trinajstić information content (AvgIpc) is 2.16. The molecule has 1 atom stereocenters. The first-order valence-electron chi connectivity index (χ1n) is 5.76. The molecule has 1 aromatic rings. The summed E-state index contributed by atoms with van der Waals surface area (Å²) in [5.41, 5.74) is 1.32. The highest BCUT2D eigenvalue weighted by Gasteiger charge is 2.10. The first kappa shape index (κ1) is 12.8. The van der Waals surface area contributed by atoms with Crippen LogP contribution in [0.3, 0.4) is 0 Å². The van der Waals surface area contributed by atoms with Gasteiger partial charge in [-0.25, -0.2) is 0 Å². The SMILES string of the molecule is CC(=N[C@H](C)c1ccccc1)NC(C)(C)C. The van der Waals surface area contributed by atoms with Crippen LogP contribution in [0, 0.1) is 0 Å². The van der Waals surface area contributed by atoms with E-state index in [2.05, 4.69) is 50.1 Å². The monoisotopic (exact) mass is 218 g/mol. The van der Waals surface area contributed by atoms with E-state index in [0.717, 1.165) is 5.84 Å². The van der Waals surface area contributed by atoms with Crippen LogP contribution >= 0.6 is 0 Å². The molecule has 0 aliphatic heterocycles. The molecule has 0 amide bonds. The molecule has 88 valence electrons. The molecule has 1 N–H and O–H groups in total. The fraction of sp³-hybridized carbons (Fsp3) is 0.500. The van der Waals surface area contributed by atoms with Gasteiger partial charge in [0.25, 0.3) is 0 Å². The molecule has 0 saturated heterocycles. The van der Waals surface area contributed by atoms with Crippen LogP contribution in [0.15, 0.2) is 35.3 Å². The maximum atomic E-state index is 4.64. The molecule has 0 fully saturated rings. The summed E-state index contributed by atoms with van der Waals surface area (Å²) in [7, 11) is 0. The predicted octanol–water partition coefficient (Wildman–Crippen LogP) is 3.55. The Morgan fingerprint density at radius 3 is 2.25 bits per heavy atom. The number of nitrogens with one attached hydrogen (secondary N) is 1. The molecule has 0 bridgehead atoms. The molecular weight excluding hydrogens is 196 g/mol. The number of hydrogen-bond acceptors (Lipinski definition) is 1. The molecule has 0 unspecified atom stereocenters. The Bertz CT molecular complexity index is 347. The third-order valence-corrected chi connectivity index (χ3v) is 2.23. The lowest BCUT2D eigenvalue weighted by Gasteiger charge is -2.22. The predicted molar refractivity (Wildman–Crippen MR) is 70.9 cm³/mol. The summed E-state index contributed by atoms with van der Waals surface area (Å²) in [5.74, 6) is 0.990. The van der Waals surface area contributed by atoms with Crippen molar-refractivity contribution in [3.63, 3.8) is 0 Å². The normalized spacial score (nSPS) is 14.7. The van der Waals surface area contributed by atoms with E-state index >= 15 is 0 Å². The van der Waals surface area contributed by atoms with Crippen LogP contribution in [0.4, 0.5) is 0 Å². The maximum absolute atomic E-state index is 4.64. The summed E-state index contributed by atoms with van der Waals surface area (Å²) >= 11 is 0. The van der Waals surface area contributed by atoms with Crippen molar-refractivity contribution in [3.05, 3.63) is 35.9 Å². The van der Waals surface area contributed by atoms with Crippen molar-refractivity contribution in [2.75, 3.05) is 0 Å². The summed E-state index contributed by atoms with van der Waals surface area (Å²) in [6.45, 7) is 10.5. The van der Waals surface area contributed by atoms with E-state index in [9.17, 15) is 0 Å². The van der Waals surface area contributed by atoms with Crippen LogP contribution in [0.25, 0.3) is 0 Å². The molecule has 16 heavy (non-hydrogen) atoms. The molecule has 1 aromatic carbocycles. The molecule has 0 aliphatic carbocycles. The van der Waals surface area contributed by atoms with Crippen LogP contribution < -0.4 is 5.32 Å². The molecule has 2 nitrogen and oxygen atoms in total. The second-order valence-electron chi connectivity index (χ2n) is 5.18. The quantitative estimate of drug-likeness (QED) is 0.596. The number of benzene rings is 1. The number of rotatable bonds is 2. The fourth-order valence-corrected chi connectivity index (χ4v) is 1.67. The molecule has 0 heterocycles. The Labute approximate surface area is 98.8 Å². The van der Waals surface area contributed by atoms with E-state index < -0.39 is 0 Å². The lowest BCUT2D eigenvalue weighted by Crippen LogP contribution is -2.39. The Morgan fingerprint density at radius 2 is 1.75 bits per heavy atom. The summed E-state index contributed by atoms with van der Waals surface area (Å²) in [6, 6.07) is 10.6. The van der Waals surface area contributed by atoms with Gasteiger partial charge in [-0.1, -0.05) is 30.3 Å². The summed E-state index contributed by atoms with van der Waals surface area (Å²) < 4.78 is 0. The number of amidine groups is 1. The third kappa shape index (κ3) is 4.47. The van der Waals surface area contributed by atoms with Gasteiger partial charge in [-0.05, 0) is 40.2 Å². The van der Waals surface area contributed by atoms with Crippen molar-refractivity contribution >= 4 is 5.84 Å². The smallest absolute Gasteiger partial charge is 0.0943 e. The minimum Gasteiger partial charge on any atom is -0.369 e. The molecule has 0 aliphatic rings. The van der Waals surface area contributed by atoms with Crippen LogP contribution in [0.1, 0.15) is 46.2 Å². The van der Waals surface area contributed by atoms with Crippen LogP contribution in [-0.4, -0.2) is 11.4 Å². The van der Waals surface area contributed by atoms with Gasteiger partial charge in [-0.15, -0.1) is 0 Å². The van der Waals surface area contributed by atoms with Crippen molar-refractivity contribution in [2.24, 2.45) is 4.99 Å². The van der Waals surface area contributed by atoms with Crippen molar-refractivity contribution in [1.29, 1.82) is 0 Å². The molecule has 2 heteroatoms. The van der Waals surface area contributed by atoms with Crippen molar-refractivity contribution in [1.82, 2.24) is 5.32 Å². The summed E-state index contributed by atoms with van der Waals surface area (Å²) in [6.07, 6.45) is 0. The van der Waals surface area contributed by atoms with E-state index in [1.54, 1.807) is 0 Å². The van der Waals surface area contributed by atoms with Gasteiger partial charge in [0.15, 0.2) is 0 Å². The molecule has 0 aromatic heterocycles. The minimum atomic E-state index is 0.0734. The van der Waals surface area contributed by atoms with Gasteiger partial charge in [0.05, 0.1) is 11.9 Å². The topological polar surface area (TPSA) is 24.4 Å². The fourth-order valence-electron chi connectivity index (χ4n) is 1.67. The molecule has 1 rings (SSSR count). The van der Waals surface area contributed by atoms with Crippen LogP contribution in [-0.2, 0) is 0 Å². The van der Waals surface area contributed by atoms with Gasteiger partial charge in [-0.3, -0.25) is 4.99 Å². The maximum Gasteiger partial charge on any atom is 0.0943 e. The van der Waals surface area contributed by atoms with E-state index in [0.29, 0.717) is 0 Å². The van der Waals surface area contributed by atoms with E-state index in [-0.39, 0.29) is 11.6 Å². The lowest BCUT2D eigenvalue weighted by atomic mass is 10.1. The Hall–Kier alpha value is -1.31. The van der Waals surface area contributed by atoms with E-state index in [4.69, 9.17) is 0 Å². The largest absolute Gasteiger partial charge is 0.369 e. The number of hydrogen-bond donors (Lipinski definition) is 1. The summed E-state index contributed by atoms with van der Waals surface area (Å²) in [4.78, 5) is 4.64. The molecular formula is C14H22N2. The number of nitrogens with zero attached hydrogens (tertiary/aromatic N) is 1. The molecule has 0 saturated carbocycles. The van der Waals surface area contributed by atoms with Crippen molar-refractivity contribution in [2.45, 2.75) is 46.2 Å². The first-order valence-corrected chi connectivity index (χ1v) is 5.76. The second kappa shape index (κ2) is 5.15. The van der Waals surface area contributed by atoms with Gasteiger partial charge in [0, 0.05) is 5.54 Å². The summed E-state index contributed by atoms with van der Waals surface area (Å²) in [5, 5.41) is 3.37. The zero-order chi connectivity index (χ0) is 12.2.